The third-order valence-corrected chi connectivity index (χ3v) is 8.24. The van der Waals surface area contributed by atoms with Crippen LogP contribution in [0.15, 0.2) is 83.8 Å². The van der Waals surface area contributed by atoms with Gasteiger partial charge in [0.25, 0.3) is 0 Å². The van der Waals surface area contributed by atoms with Gasteiger partial charge >= 0.3 is 0 Å². The number of carbonyl (C=O) groups is 2. The van der Waals surface area contributed by atoms with Crippen LogP contribution in [0.25, 0.3) is 0 Å². The molecule has 0 radical (unpaired) electrons. The van der Waals surface area contributed by atoms with Gasteiger partial charge in [0, 0.05) is 36.6 Å². The van der Waals surface area contributed by atoms with Crippen LogP contribution in [0.3, 0.4) is 0 Å². The molecule has 10 heteroatoms. The Labute approximate surface area is 228 Å². The van der Waals surface area contributed by atoms with Gasteiger partial charge in [-0.2, -0.15) is 4.31 Å². The van der Waals surface area contributed by atoms with Crippen LogP contribution in [-0.2, 0) is 32.6 Å². The first kappa shape index (κ1) is 28.7. The lowest BCUT2D eigenvalue weighted by Gasteiger charge is -2.32. The average Bonchev–Trinajstić information content (AvgIpc) is 2.88. The van der Waals surface area contributed by atoms with Crippen molar-refractivity contribution >= 4 is 45.0 Å². The number of amides is 2. The summed E-state index contributed by atoms with van der Waals surface area (Å²) in [4.78, 5) is 28.3. The second-order valence-corrected chi connectivity index (χ2v) is 11.3. The molecule has 0 aliphatic heterocycles. The van der Waals surface area contributed by atoms with Crippen LogP contribution in [0, 0.1) is 0 Å². The molecular weight excluding hydrogens is 533 g/mol. The summed E-state index contributed by atoms with van der Waals surface area (Å²) in [6, 6.07) is 21.2. The van der Waals surface area contributed by atoms with Gasteiger partial charge in [-0.05, 0) is 48.4 Å². The number of carbonyl (C=O) groups excluding carboxylic acids is 2. The van der Waals surface area contributed by atoms with Crippen molar-refractivity contribution in [1.29, 1.82) is 0 Å². The SMILES string of the molecule is CCNC(=O)C(Cc1ccccc1)N(Cc1ccccc1Cl)C(=O)CN(C)S(=O)(=O)c1ccc(Cl)cc1. The summed E-state index contributed by atoms with van der Waals surface area (Å²) >= 11 is 12.3. The van der Waals surface area contributed by atoms with Crippen molar-refractivity contribution in [3.63, 3.8) is 0 Å². The molecule has 0 spiro atoms. The molecule has 0 aliphatic rings. The smallest absolute Gasteiger partial charge is 0.243 e. The highest BCUT2D eigenvalue weighted by Gasteiger charge is 2.33. The highest BCUT2D eigenvalue weighted by molar-refractivity contribution is 7.89. The quantitative estimate of drug-likeness (QED) is 0.376. The first-order valence-electron chi connectivity index (χ1n) is 11.7. The first-order chi connectivity index (χ1) is 17.6. The largest absolute Gasteiger partial charge is 0.355 e. The predicted molar refractivity (Wildman–Crippen MR) is 146 cm³/mol. The van der Waals surface area contributed by atoms with E-state index in [1.165, 1.54) is 36.2 Å². The van der Waals surface area contributed by atoms with Crippen LogP contribution < -0.4 is 5.32 Å². The minimum absolute atomic E-state index is 0.00872. The van der Waals surface area contributed by atoms with Crippen molar-refractivity contribution in [2.75, 3.05) is 20.1 Å². The summed E-state index contributed by atoms with van der Waals surface area (Å²) < 4.78 is 27.2. The summed E-state index contributed by atoms with van der Waals surface area (Å²) in [5.74, 6) is -0.873. The van der Waals surface area contributed by atoms with Crippen LogP contribution in [0.4, 0.5) is 0 Å². The van der Waals surface area contributed by atoms with Crippen LogP contribution in [0.2, 0.25) is 10.0 Å². The number of nitrogens with zero attached hydrogens (tertiary/aromatic N) is 2. The number of hydrogen-bond donors (Lipinski definition) is 1. The van der Waals surface area contributed by atoms with Gasteiger partial charge in [0.2, 0.25) is 21.8 Å². The maximum Gasteiger partial charge on any atom is 0.243 e. The number of benzene rings is 3. The lowest BCUT2D eigenvalue weighted by atomic mass is 10.0. The number of likely N-dealkylation sites (N-methyl/N-ethyl adjacent to an activating group) is 2. The minimum atomic E-state index is -3.98. The van der Waals surface area contributed by atoms with E-state index in [4.69, 9.17) is 23.2 Å². The fourth-order valence-electron chi connectivity index (χ4n) is 3.81. The van der Waals surface area contributed by atoms with Crippen molar-refractivity contribution in [3.8, 4) is 0 Å². The molecule has 0 heterocycles. The molecule has 3 aromatic carbocycles. The molecule has 1 atom stereocenters. The Balaban J connectivity index is 1.96. The summed E-state index contributed by atoms with van der Waals surface area (Å²) in [5.41, 5.74) is 1.50. The van der Waals surface area contributed by atoms with E-state index in [0.29, 0.717) is 22.2 Å². The molecule has 0 fully saturated rings. The second-order valence-electron chi connectivity index (χ2n) is 8.43. The Bertz CT molecular complexity index is 1320. The summed E-state index contributed by atoms with van der Waals surface area (Å²) in [6.45, 7) is 1.73. The fraction of sp³-hybridized carbons (Fsp3) is 0.259. The summed E-state index contributed by atoms with van der Waals surface area (Å²) in [7, 11) is -2.65. The van der Waals surface area contributed by atoms with E-state index in [1.807, 2.05) is 30.3 Å². The molecule has 0 saturated carbocycles. The lowest BCUT2D eigenvalue weighted by molar-refractivity contribution is -0.141. The van der Waals surface area contributed by atoms with Crippen molar-refractivity contribution in [1.82, 2.24) is 14.5 Å². The zero-order valence-corrected chi connectivity index (χ0v) is 22.9. The number of sulfonamides is 1. The highest BCUT2D eigenvalue weighted by atomic mass is 35.5. The standard InChI is InChI=1S/C27H29Cl2N3O4S/c1-3-30-27(34)25(17-20-9-5-4-6-10-20)32(18-21-11-7-8-12-24(21)29)26(33)19-31(2)37(35,36)23-15-13-22(28)14-16-23/h4-16,25H,3,17-19H2,1-2H3,(H,30,34). The van der Waals surface area contributed by atoms with E-state index in [2.05, 4.69) is 5.32 Å². The lowest BCUT2D eigenvalue weighted by Crippen LogP contribution is -2.53. The van der Waals surface area contributed by atoms with E-state index in [0.717, 1.165) is 9.87 Å². The molecule has 1 N–H and O–H groups in total. The van der Waals surface area contributed by atoms with Gasteiger partial charge in [-0.1, -0.05) is 71.7 Å². The molecule has 3 rings (SSSR count). The van der Waals surface area contributed by atoms with Gasteiger partial charge in [0.05, 0.1) is 11.4 Å². The third kappa shape index (κ3) is 7.55. The molecule has 196 valence electrons. The second kappa shape index (κ2) is 13.1. The number of rotatable bonds is 11. The van der Waals surface area contributed by atoms with Crippen LogP contribution in [0.1, 0.15) is 18.1 Å². The van der Waals surface area contributed by atoms with Crippen LogP contribution in [-0.4, -0.2) is 55.6 Å². The zero-order chi connectivity index (χ0) is 27.0. The maximum atomic E-state index is 13.7. The van der Waals surface area contributed by atoms with Crippen molar-refractivity contribution in [2.24, 2.45) is 0 Å². The molecule has 7 nitrogen and oxygen atoms in total. The third-order valence-electron chi connectivity index (χ3n) is 5.80. The van der Waals surface area contributed by atoms with E-state index in [1.54, 1.807) is 31.2 Å². The Morgan fingerprint density at radius 3 is 2.16 bits per heavy atom. The Hall–Kier alpha value is -2.91. The Morgan fingerprint density at radius 2 is 1.54 bits per heavy atom. The highest BCUT2D eigenvalue weighted by Crippen LogP contribution is 2.22. The maximum absolute atomic E-state index is 13.7. The molecule has 3 aromatic rings. The number of halogens is 2. The molecule has 1 unspecified atom stereocenters. The fourth-order valence-corrected chi connectivity index (χ4v) is 5.25. The molecule has 0 bridgehead atoms. The Kier molecular flexibility index (Phi) is 10.1. The van der Waals surface area contributed by atoms with Gasteiger partial charge in [0.15, 0.2) is 0 Å². The minimum Gasteiger partial charge on any atom is -0.355 e. The predicted octanol–water partition coefficient (Wildman–Crippen LogP) is 4.39. The number of hydrogen-bond acceptors (Lipinski definition) is 4. The van der Waals surface area contributed by atoms with Gasteiger partial charge in [-0.3, -0.25) is 9.59 Å². The molecule has 37 heavy (non-hydrogen) atoms. The molecule has 2 amide bonds. The van der Waals surface area contributed by atoms with E-state index in [9.17, 15) is 18.0 Å². The van der Waals surface area contributed by atoms with E-state index < -0.39 is 28.5 Å². The van der Waals surface area contributed by atoms with Gasteiger partial charge in [-0.25, -0.2) is 8.42 Å². The summed E-state index contributed by atoms with van der Waals surface area (Å²) in [6.07, 6.45) is 0.247. The van der Waals surface area contributed by atoms with Crippen molar-refractivity contribution < 1.29 is 18.0 Å². The molecule has 0 aliphatic carbocycles. The molecular formula is C27H29Cl2N3O4S. The van der Waals surface area contributed by atoms with E-state index >= 15 is 0 Å². The number of nitrogens with one attached hydrogen (secondary N) is 1. The van der Waals surface area contributed by atoms with Crippen molar-refractivity contribution in [2.45, 2.75) is 30.8 Å². The van der Waals surface area contributed by atoms with Crippen molar-refractivity contribution in [3.05, 3.63) is 100 Å². The van der Waals surface area contributed by atoms with Crippen LogP contribution in [0.5, 0.6) is 0 Å². The van der Waals surface area contributed by atoms with Gasteiger partial charge in [-0.15, -0.1) is 0 Å². The van der Waals surface area contributed by atoms with Crippen LogP contribution >= 0.6 is 23.2 Å². The monoisotopic (exact) mass is 561 g/mol. The van der Waals surface area contributed by atoms with Gasteiger partial charge in [0.1, 0.15) is 6.04 Å². The average molecular weight is 563 g/mol. The molecule has 0 saturated heterocycles. The topological polar surface area (TPSA) is 86.8 Å². The van der Waals surface area contributed by atoms with E-state index in [-0.39, 0.29) is 23.8 Å². The Morgan fingerprint density at radius 1 is 0.919 bits per heavy atom. The molecule has 0 aromatic heterocycles. The first-order valence-corrected chi connectivity index (χ1v) is 13.9. The normalized spacial score (nSPS) is 12.2. The zero-order valence-electron chi connectivity index (χ0n) is 20.6. The van der Waals surface area contributed by atoms with Gasteiger partial charge < -0.3 is 10.2 Å². The summed E-state index contributed by atoms with van der Waals surface area (Å²) in [5, 5.41) is 3.65.